The summed E-state index contributed by atoms with van der Waals surface area (Å²) in [6.07, 6.45) is 7.97. The highest BCUT2D eigenvalue weighted by Gasteiger charge is 2.07. The van der Waals surface area contributed by atoms with Gasteiger partial charge in [-0.2, -0.15) is 0 Å². The number of benzene rings is 1. The van der Waals surface area contributed by atoms with Gasteiger partial charge in [0.15, 0.2) is 0 Å². The first-order valence-electron chi connectivity index (χ1n) is 5.71. The largest absolute Gasteiger partial charge is 0.478 e. The highest BCUT2D eigenvalue weighted by Crippen LogP contribution is 2.08. The van der Waals surface area contributed by atoms with E-state index < -0.39 is 5.97 Å². The Morgan fingerprint density at radius 1 is 1.35 bits per heavy atom. The fourth-order valence-corrected chi connectivity index (χ4v) is 1.58. The summed E-state index contributed by atoms with van der Waals surface area (Å²) in [5, 5.41) is 12.2. The van der Waals surface area contributed by atoms with Crippen molar-refractivity contribution in [3.05, 3.63) is 35.4 Å². The second kappa shape index (κ2) is 7.48. The van der Waals surface area contributed by atoms with Crippen LogP contribution in [0.1, 0.15) is 35.2 Å². The number of carboxylic acids is 1. The molecule has 0 aliphatic carbocycles. The Morgan fingerprint density at radius 2 is 2.12 bits per heavy atom. The van der Waals surface area contributed by atoms with Crippen LogP contribution in [0.15, 0.2) is 24.3 Å². The molecular weight excluding hydrogens is 214 g/mol. The van der Waals surface area contributed by atoms with Crippen LogP contribution in [0.3, 0.4) is 0 Å². The molecule has 0 saturated heterocycles. The summed E-state index contributed by atoms with van der Waals surface area (Å²) in [5.74, 6) is 1.71. The van der Waals surface area contributed by atoms with Gasteiger partial charge in [-0.25, -0.2) is 4.79 Å². The van der Waals surface area contributed by atoms with Crippen molar-refractivity contribution in [1.29, 1.82) is 0 Å². The number of hydrogen-bond donors (Lipinski definition) is 2. The summed E-state index contributed by atoms with van der Waals surface area (Å²) < 4.78 is 0. The molecule has 17 heavy (non-hydrogen) atoms. The average Bonchev–Trinajstić information content (AvgIpc) is 2.34. The van der Waals surface area contributed by atoms with Gasteiger partial charge in [-0.05, 0) is 31.0 Å². The molecule has 3 nitrogen and oxygen atoms in total. The molecular formula is C14H17NO2. The van der Waals surface area contributed by atoms with Crippen molar-refractivity contribution in [2.75, 3.05) is 6.54 Å². The monoisotopic (exact) mass is 231 g/mol. The Kier molecular flexibility index (Phi) is 5.84. The smallest absolute Gasteiger partial charge is 0.336 e. The van der Waals surface area contributed by atoms with Gasteiger partial charge in [0.25, 0.3) is 0 Å². The third kappa shape index (κ3) is 4.71. The summed E-state index contributed by atoms with van der Waals surface area (Å²) in [6.45, 7) is 1.44. The maximum atomic E-state index is 10.9. The lowest BCUT2D eigenvalue weighted by atomic mass is 10.1. The van der Waals surface area contributed by atoms with Crippen molar-refractivity contribution in [3.63, 3.8) is 0 Å². The van der Waals surface area contributed by atoms with Crippen molar-refractivity contribution >= 4 is 5.97 Å². The Labute approximate surface area is 102 Å². The molecule has 0 aromatic heterocycles. The van der Waals surface area contributed by atoms with Gasteiger partial charge in [-0.1, -0.05) is 18.2 Å². The molecule has 0 amide bonds. The first kappa shape index (κ1) is 13.3. The van der Waals surface area contributed by atoms with Crippen LogP contribution in [0.25, 0.3) is 0 Å². The van der Waals surface area contributed by atoms with E-state index in [2.05, 4.69) is 11.2 Å². The molecule has 0 aliphatic heterocycles. The summed E-state index contributed by atoms with van der Waals surface area (Å²) in [5.41, 5.74) is 1.18. The summed E-state index contributed by atoms with van der Waals surface area (Å²) in [7, 11) is 0. The lowest BCUT2D eigenvalue weighted by molar-refractivity contribution is 0.0695. The molecule has 0 heterocycles. The maximum absolute atomic E-state index is 10.9. The Balaban J connectivity index is 2.37. The number of hydrogen-bond acceptors (Lipinski definition) is 2. The van der Waals surface area contributed by atoms with Gasteiger partial charge in [0.2, 0.25) is 0 Å². The van der Waals surface area contributed by atoms with Crippen molar-refractivity contribution in [2.24, 2.45) is 0 Å². The zero-order valence-electron chi connectivity index (χ0n) is 9.78. The van der Waals surface area contributed by atoms with Crippen molar-refractivity contribution < 1.29 is 9.90 Å². The third-order valence-electron chi connectivity index (χ3n) is 2.49. The minimum Gasteiger partial charge on any atom is -0.478 e. The van der Waals surface area contributed by atoms with E-state index in [1.165, 1.54) is 0 Å². The Morgan fingerprint density at radius 3 is 2.82 bits per heavy atom. The topological polar surface area (TPSA) is 49.3 Å². The molecule has 0 fully saturated rings. The van der Waals surface area contributed by atoms with Crippen LogP contribution in [0, 0.1) is 12.3 Å². The fourth-order valence-electron chi connectivity index (χ4n) is 1.58. The van der Waals surface area contributed by atoms with Gasteiger partial charge in [-0.3, -0.25) is 0 Å². The minimum absolute atomic E-state index is 0.364. The Bertz CT molecular complexity index is 407. The molecule has 1 rings (SSSR count). The van der Waals surface area contributed by atoms with Gasteiger partial charge in [0.1, 0.15) is 0 Å². The standard InChI is InChI=1S/C14H17NO2/c1-2-3-4-7-10-15-11-12-8-5-6-9-13(12)14(16)17/h1,5-6,8-9,15H,3-4,7,10-11H2,(H,16,17). The molecule has 1 aromatic carbocycles. The van der Waals surface area contributed by atoms with Gasteiger partial charge < -0.3 is 10.4 Å². The number of nitrogens with one attached hydrogen (secondary N) is 1. The molecule has 2 N–H and O–H groups in total. The van der Waals surface area contributed by atoms with E-state index in [-0.39, 0.29) is 0 Å². The van der Waals surface area contributed by atoms with E-state index in [0.29, 0.717) is 12.1 Å². The summed E-state index contributed by atoms with van der Waals surface area (Å²) in [6, 6.07) is 7.04. The number of carbonyl (C=O) groups is 1. The lowest BCUT2D eigenvalue weighted by Crippen LogP contribution is -2.16. The van der Waals surface area contributed by atoms with Crippen LogP contribution in [0.2, 0.25) is 0 Å². The van der Waals surface area contributed by atoms with E-state index in [4.69, 9.17) is 11.5 Å². The summed E-state index contributed by atoms with van der Waals surface area (Å²) >= 11 is 0. The van der Waals surface area contributed by atoms with Gasteiger partial charge in [0.05, 0.1) is 5.56 Å². The average molecular weight is 231 g/mol. The summed E-state index contributed by atoms with van der Waals surface area (Å²) in [4.78, 5) is 10.9. The van der Waals surface area contributed by atoms with Gasteiger partial charge in [0, 0.05) is 13.0 Å². The molecule has 0 aliphatic rings. The number of rotatable bonds is 7. The van der Waals surface area contributed by atoms with E-state index in [0.717, 1.165) is 31.4 Å². The predicted molar refractivity (Wildman–Crippen MR) is 67.8 cm³/mol. The highest BCUT2D eigenvalue weighted by molar-refractivity contribution is 5.89. The van der Waals surface area contributed by atoms with Crippen LogP contribution >= 0.6 is 0 Å². The number of aromatic carboxylic acids is 1. The maximum Gasteiger partial charge on any atom is 0.336 e. The van der Waals surface area contributed by atoms with Crippen molar-refractivity contribution in [3.8, 4) is 12.3 Å². The molecule has 1 aromatic rings. The zero-order chi connectivity index (χ0) is 12.5. The van der Waals surface area contributed by atoms with E-state index in [9.17, 15) is 4.79 Å². The number of terminal acetylenes is 1. The van der Waals surface area contributed by atoms with Crippen LogP contribution < -0.4 is 5.32 Å². The Hall–Kier alpha value is -1.79. The second-order valence-electron chi connectivity index (χ2n) is 3.80. The third-order valence-corrected chi connectivity index (χ3v) is 2.49. The van der Waals surface area contributed by atoms with Gasteiger partial charge >= 0.3 is 5.97 Å². The first-order valence-corrected chi connectivity index (χ1v) is 5.71. The molecule has 0 bridgehead atoms. The molecule has 90 valence electrons. The molecule has 0 atom stereocenters. The van der Waals surface area contributed by atoms with Gasteiger partial charge in [-0.15, -0.1) is 12.3 Å². The minimum atomic E-state index is -0.880. The van der Waals surface area contributed by atoms with Crippen LogP contribution in [0.4, 0.5) is 0 Å². The van der Waals surface area contributed by atoms with Crippen LogP contribution in [-0.2, 0) is 6.54 Å². The van der Waals surface area contributed by atoms with E-state index in [1.54, 1.807) is 12.1 Å². The molecule has 3 heteroatoms. The number of unbranched alkanes of at least 4 members (excludes halogenated alkanes) is 2. The van der Waals surface area contributed by atoms with Crippen LogP contribution in [-0.4, -0.2) is 17.6 Å². The van der Waals surface area contributed by atoms with Crippen molar-refractivity contribution in [1.82, 2.24) is 5.32 Å². The zero-order valence-corrected chi connectivity index (χ0v) is 9.78. The SMILES string of the molecule is C#CCCCCNCc1ccccc1C(=O)O. The van der Waals surface area contributed by atoms with Crippen molar-refractivity contribution in [2.45, 2.75) is 25.8 Å². The second-order valence-corrected chi connectivity index (χ2v) is 3.80. The highest BCUT2D eigenvalue weighted by atomic mass is 16.4. The lowest BCUT2D eigenvalue weighted by Gasteiger charge is -2.07. The first-order chi connectivity index (χ1) is 8.25. The fraction of sp³-hybridized carbons (Fsp3) is 0.357. The predicted octanol–water partition coefficient (Wildman–Crippen LogP) is 2.28. The molecule has 0 radical (unpaired) electrons. The van der Waals surface area contributed by atoms with E-state index >= 15 is 0 Å². The molecule has 0 saturated carbocycles. The van der Waals surface area contributed by atoms with Crippen LogP contribution in [0.5, 0.6) is 0 Å². The molecule has 0 unspecified atom stereocenters. The van der Waals surface area contributed by atoms with E-state index in [1.807, 2.05) is 12.1 Å². The normalized spacial score (nSPS) is 9.82. The quantitative estimate of drug-likeness (QED) is 0.559. The molecule has 0 spiro atoms. The number of carboxylic acid groups (broad SMARTS) is 1.